The summed E-state index contributed by atoms with van der Waals surface area (Å²) in [4.78, 5) is 4.14. The number of hydrogen-bond donors (Lipinski definition) is 2. The van der Waals surface area contributed by atoms with Crippen LogP contribution in [0.25, 0.3) is 0 Å². The van der Waals surface area contributed by atoms with Gasteiger partial charge in [0, 0.05) is 44.0 Å². The molecule has 0 unspecified atom stereocenters. The van der Waals surface area contributed by atoms with Crippen molar-refractivity contribution in [2.75, 3.05) is 7.05 Å². The second-order valence-electron chi connectivity index (χ2n) is 6.14. The molecule has 0 saturated heterocycles. The summed E-state index contributed by atoms with van der Waals surface area (Å²) in [6.07, 6.45) is -3.06. The second kappa shape index (κ2) is 9.48. The third-order valence-electron chi connectivity index (χ3n) is 4.33. The molecule has 0 bridgehead atoms. The largest absolute Gasteiger partial charge is 0.573 e. The third kappa shape index (κ3) is 5.64. The highest BCUT2D eigenvalue weighted by Gasteiger charge is 2.31. The average molecular weight is 397 g/mol. The van der Waals surface area contributed by atoms with Crippen LogP contribution in [0.15, 0.2) is 29.3 Å². The molecule has 1 aromatic heterocycles. The maximum Gasteiger partial charge on any atom is 0.573 e. The number of ether oxygens (including phenoxy) is 1. The van der Waals surface area contributed by atoms with Crippen molar-refractivity contribution in [2.24, 2.45) is 12.0 Å². The minimum atomic E-state index is -4.73. The summed E-state index contributed by atoms with van der Waals surface area (Å²) < 4.78 is 43.6. The van der Waals surface area contributed by atoms with E-state index in [-0.39, 0.29) is 12.3 Å². The molecule has 154 valence electrons. The quantitative estimate of drug-likeness (QED) is 0.556. The second-order valence-corrected chi connectivity index (χ2v) is 6.14. The highest BCUT2D eigenvalue weighted by molar-refractivity contribution is 5.79. The van der Waals surface area contributed by atoms with Crippen molar-refractivity contribution in [1.29, 1.82) is 0 Å². The van der Waals surface area contributed by atoms with E-state index in [2.05, 4.69) is 39.3 Å². The van der Waals surface area contributed by atoms with Gasteiger partial charge < -0.3 is 15.4 Å². The Hall–Kier alpha value is -2.71. The lowest BCUT2D eigenvalue weighted by Gasteiger charge is -2.16. The summed E-state index contributed by atoms with van der Waals surface area (Å²) in [5.41, 5.74) is 3.67. The van der Waals surface area contributed by atoms with Crippen LogP contribution in [-0.2, 0) is 33.0 Å². The predicted octanol–water partition coefficient (Wildman–Crippen LogP) is 3.31. The number of alkyl halides is 3. The third-order valence-corrected chi connectivity index (χ3v) is 4.33. The van der Waals surface area contributed by atoms with E-state index in [1.807, 2.05) is 11.7 Å². The molecular formula is C19H26F3N5O. The number of aliphatic imine (C=N–C) groups is 1. The first-order chi connectivity index (χ1) is 13.3. The van der Waals surface area contributed by atoms with Gasteiger partial charge in [-0.3, -0.25) is 9.67 Å². The van der Waals surface area contributed by atoms with Crippen molar-refractivity contribution in [1.82, 2.24) is 20.4 Å². The van der Waals surface area contributed by atoms with Crippen molar-refractivity contribution in [3.05, 3.63) is 46.8 Å². The molecule has 0 aliphatic rings. The Balaban J connectivity index is 2.04. The molecular weight excluding hydrogens is 371 g/mol. The van der Waals surface area contributed by atoms with E-state index >= 15 is 0 Å². The lowest BCUT2D eigenvalue weighted by molar-refractivity contribution is -0.274. The SMILES string of the molecule is CCc1nn(C)c(CC)c1CNC(=NC)NCc1ccccc1OC(F)(F)F. The van der Waals surface area contributed by atoms with Gasteiger partial charge in [0.15, 0.2) is 5.96 Å². The molecule has 2 aromatic rings. The van der Waals surface area contributed by atoms with E-state index in [0.717, 1.165) is 29.8 Å². The van der Waals surface area contributed by atoms with Gasteiger partial charge in [0.2, 0.25) is 0 Å². The fourth-order valence-corrected chi connectivity index (χ4v) is 3.04. The van der Waals surface area contributed by atoms with Gasteiger partial charge in [-0.15, -0.1) is 13.2 Å². The van der Waals surface area contributed by atoms with Gasteiger partial charge in [0.25, 0.3) is 0 Å². The molecule has 1 aromatic carbocycles. The standard InChI is InChI=1S/C19H26F3N5O/c1-5-15-14(16(6-2)27(4)26-15)12-25-18(23-3)24-11-13-9-7-8-10-17(13)28-19(20,21)22/h7-10H,5-6,11-12H2,1-4H3,(H2,23,24,25). The van der Waals surface area contributed by atoms with E-state index in [9.17, 15) is 13.2 Å². The predicted molar refractivity (Wildman–Crippen MR) is 102 cm³/mol. The molecule has 0 amide bonds. The zero-order valence-corrected chi connectivity index (χ0v) is 16.5. The fraction of sp³-hybridized carbons (Fsp3) is 0.474. The van der Waals surface area contributed by atoms with Crippen LogP contribution < -0.4 is 15.4 Å². The number of halogens is 3. The zero-order chi connectivity index (χ0) is 20.7. The van der Waals surface area contributed by atoms with Crippen LogP contribution in [0, 0.1) is 0 Å². The Bertz CT molecular complexity index is 814. The summed E-state index contributed by atoms with van der Waals surface area (Å²) in [6.45, 7) is 4.79. The van der Waals surface area contributed by atoms with Crippen molar-refractivity contribution >= 4 is 5.96 Å². The first kappa shape index (κ1) is 21.6. The number of guanidine groups is 1. The summed E-state index contributed by atoms with van der Waals surface area (Å²) >= 11 is 0. The smallest absolute Gasteiger partial charge is 0.405 e. The lowest BCUT2D eigenvalue weighted by Crippen LogP contribution is -2.36. The topological polar surface area (TPSA) is 63.5 Å². The molecule has 28 heavy (non-hydrogen) atoms. The minimum absolute atomic E-state index is 0.139. The minimum Gasteiger partial charge on any atom is -0.405 e. The Morgan fingerprint density at radius 1 is 1.14 bits per heavy atom. The Morgan fingerprint density at radius 2 is 1.82 bits per heavy atom. The molecule has 2 rings (SSSR count). The van der Waals surface area contributed by atoms with Gasteiger partial charge in [-0.25, -0.2) is 0 Å². The van der Waals surface area contributed by atoms with Crippen LogP contribution in [0.2, 0.25) is 0 Å². The molecule has 0 fully saturated rings. The highest BCUT2D eigenvalue weighted by Crippen LogP contribution is 2.26. The fourth-order valence-electron chi connectivity index (χ4n) is 3.04. The Kier molecular flexibility index (Phi) is 7.31. The van der Waals surface area contributed by atoms with Crippen molar-refractivity contribution in [3.63, 3.8) is 0 Å². The van der Waals surface area contributed by atoms with E-state index in [4.69, 9.17) is 0 Å². The van der Waals surface area contributed by atoms with Crippen molar-refractivity contribution in [3.8, 4) is 5.75 Å². The maximum absolute atomic E-state index is 12.6. The number of aromatic nitrogens is 2. The van der Waals surface area contributed by atoms with Gasteiger partial charge in [-0.2, -0.15) is 5.10 Å². The van der Waals surface area contributed by atoms with Crippen LogP contribution in [0.3, 0.4) is 0 Å². The summed E-state index contributed by atoms with van der Waals surface area (Å²) in [5, 5.41) is 10.8. The molecule has 0 saturated carbocycles. The van der Waals surface area contributed by atoms with E-state index in [1.54, 1.807) is 19.2 Å². The molecule has 0 aliphatic heterocycles. The molecule has 9 heteroatoms. The Morgan fingerprint density at radius 3 is 2.43 bits per heavy atom. The van der Waals surface area contributed by atoms with Crippen molar-refractivity contribution in [2.45, 2.75) is 46.1 Å². The number of hydrogen-bond acceptors (Lipinski definition) is 3. The molecule has 1 heterocycles. The normalized spacial score (nSPS) is 12.2. The van der Waals surface area contributed by atoms with Crippen LogP contribution >= 0.6 is 0 Å². The van der Waals surface area contributed by atoms with Crippen LogP contribution in [0.4, 0.5) is 13.2 Å². The van der Waals surface area contributed by atoms with Gasteiger partial charge in [-0.05, 0) is 18.9 Å². The molecule has 0 atom stereocenters. The van der Waals surface area contributed by atoms with Gasteiger partial charge in [0.1, 0.15) is 5.75 Å². The Labute approximate surface area is 162 Å². The first-order valence-electron chi connectivity index (χ1n) is 9.10. The van der Waals surface area contributed by atoms with Gasteiger partial charge in [0.05, 0.1) is 5.69 Å². The number of nitrogens with zero attached hydrogens (tertiary/aromatic N) is 3. The van der Waals surface area contributed by atoms with E-state index in [0.29, 0.717) is 18.1 Å². The molecule has 6 nitrogen and oxygen atoms in total. The van der Waals surface area contributed by atoms with E-state index in [1.165, 1.54) is 12.1 Å². The summed E-state index contributed by atoms with van der Waals surface area (Å²) in [5.74, 6) is 0.251. The monoisotopic (exact) mass is 397 g/mol. The number of nitrogens with one attached hydrogen (secondary N) is 2. The molecule has 0 spiro atoms. The van der Waals surface area contributed by atoms with Crippen molar-refractivity contribution < 1.29 is 17.9 Å². The first-order valence-corrected chi connectivity index (χ1v) is 9.10. The lowest BCUT2D eigenvalue weighted by atomic mass is 10.1. The number of benzene rings is 1. The summed E-state index contributed by atoms with van der Waals surface area (Å²) in [6, 6.07) is 6.02. The average Bonchev–Trinajstić information content (AvgIpc) is 2.96. The van der Waals surface area contributed by atoms with Gasteiger partial charge in [-0.1, -0.05) is 32.0 Å². The van der Waals surface area contributed by atoms with Crippen LogP contribution in [0.5, 0.6) is 5.75 Å². The number of aryl methyl sites for hydroxylation is 2. The van der Waals surface area contributed by atoms with Gasteiger partial charge >= 0.3 is 6.36 Å². The number of rotatable bonds is 7. The summed E-state index contributed by atoms with van der Waals surface area (Å²) in [7, 11) is 3.53. The zero-order valence-electron chi connectivity index (χ0n) is 16.5. The molecule has 0 radical (unpaired) electrons. The molecule has 2 N–H and O–H groups in total. The molecule has 0 aliphatic carbocycles. The van der Waals surface area contributed by atoms with Crippen LogP contribution in [0.1, 0.15) is 36.4 Å². The number of para-hydroxylation sites is 1. The van der Waals surface area contributed by atoms with Crippen LogP contribution in [-0.4, -0.2) is 29.2 Å². The maximum atomic E-state index is 12.6. The van der Waals surface area contributed by atoms with E-state index < -0.39 is 6.36 Å². The highest BCUT2D eigenvalue weighted by atomic mass is 19.4.